The van der Waals surface area contributed by atoms with E-state index < -0.39 is 17.7 Å². The first-order chi connectivity index (χ1) is 13.0. The Morgan fingerprint density at radius 1 is 1.11 bits per heavy atom. The van der Waals surface area contributed by atoms with Gasteiger partial charge in [0.25, 0.3) is 5.91 Å². The van der Waals surface area contributed by atoms with Gasteiger partial charge in [0.15, 0.2) is 5.78 Å². The van der Waals surface area contributed by atoms with E-state index in [4.69, 9.17) is 4.74 Å². The van der Waals surface area contributed by atoms with Crippen LogP contribution in [0, 0.1) is 0 Å². The molecule has 0 bridgehead atoms. The molecule has 2 aromatic carbocycles. The summed E-state index contributed by atoms with van der Waals surface area (Å²) in [5.41, 5.74) is 1.62. The Kier molecular flexibility index (Phi) is 5.11. The molecule has 9 nitrogen and oxygen atoms in total. The van der Waals surface area contributed by atoms with E-state index in [9.17, 15) is 14.4 Å². The number of carbonyl (C=O) groups is 2. The number of fused-ring (bicyclic) bond motifs is 1. The van der Waals surface area contributed by atoms with Crippen molar-refractivity contribution in [1.82, 2.24) is 9.97 Å². The predicted octanol–water partition coefficient (Wildman–Crippen LogP) is 2.54. The van der Waals surface area contributed by atoms with Gasteiger partial charge in [-0.05, 0) is 37.3 Å². The van der Waals surface area contributed by atoms with E-state index in [1.807, 2.05) is 0 Å². The zero-order valence-electron chi connectivity index (χ0n) is 14.6. The Balaban J connectivity index is 1.81. The summed E-state index contributed by atoms with van der Waals surface area (Å²) < 4.78 is 5.17. The zero-order valence-corrected chi connectivity index (χ0v) is 14.6. The number of Topliss-reactive ketones (excluding diaryl/α,β-unsaturated/α-hetero) is 1. The van der Waals surface area contributed by atoms with E-state index in [2.05, 4.69) is 25.5 Å². The normalized spacial score (nSPS) is 12.2. The second-order valence-corrected chi connectivity index (χ2v) is 5.73. The van der Waals surface area contributed by atoms with Crippen LogP contribution >= 0.6 is 0 Å². The summed E-state index contributed by atoms with van der Waals surface area (Å²) in [5, 5.41) is 10.5. The Hall–Kier alpha value is -3.75. The standard InChI is InChI=1S/C18H17N5O4/c1-10(24)16(23-22-13-5-3-4-6-15(13)27-2)17(25)19-11-7-8-12-14(9-11)21-18(26)20-12/h3-9,16H,1-2H3,(H,19,25)(H2,20,21,26)/t16-/m1/s1. The third-order valence-electron chi connectivity index (χ3n) is 3.78. The van der Waals surface area contributed by atoms with E-state index >= 15 is 0 Å². The highest BCUT2D eigenvalue weighted by atomic mass is 16.5. The molecular formula is C18H17N5O4. The molecule has 138 valence electrons. The van der Waals surface area contributed by atoms with Crippen molar-refractivity contribution in [1.29, 1.82) is 0 Å². The number of azo groups is 1. The number of methoxy groups -OCH3 is 1. The molecule has 0 saturated carbocycles. The van der Waals surface area contributed by atoms with Crippen LogP contribution < -0.4 is 15.7 Å². The molecule has 9 heteroatoms. The number of benzene rings is 2. The molecule has 1 aromatic heterocycles. The van der Waals surface area contributed by atoms with Gasteiger partial charge in [0.05, 0.1) is 18.1 Å². The minimum absolute atomic E-state index is 0.347. The van der Waals surface area contributed by atoms with Crippen molar-refractivity contribution in [3.8, 4) is 5.75 Å². The molecule has 0 fully saturated rings. The summed E-state index contributed by atoms with van der Waals surface area (Å²) >= 11 is 0. The average Bonchev–Trinajstić information content (AvgIpc) is 3.01. The number of amides is 1. The van der Waals surface area contributed by atoms with E-state index in [1.165, 1.54) is 14.0 Å². The summed E-state index contributed by atoms with van der Waals surface area (Å²) in [6.45, 7) is 1.26. The molecule has 1 amide bonds. The van der Waals surface area contributed by atoms with Crippen molar-refractivity contribution >= 4 is 34.1 Å². The molecule has 3 rings (SSSR count). The van der Waals surface area contributed by atoms with Gasteiger partial charge in [0, 0.05) is 5.69 Å². The lowest BCUT2D eigenvalue weighted by molar-refractivity contribution is -0.126. The summed E-state index contributed by atoms with van der Waals surface area (Å²) in [5.74, 6) is -0.605. The topological polar surface area (TPSA) is 129 Å². The van der Waals surface area contributed by atoms with E-state index in [0.29, 0.717) is 28.2 Å². The number of rotatable bonds is 6. The number of nitrogens with zero attached hydrogens (tertiary/aromatic N) is 2. The van der Waals surface area contributed by atoms with Crippen molar-refractivity contribution < 1.29 is 14.3 Å². The number of aromatic nitrogens is 2. The van der Waals surface area contributed by atoms with Crippen molar-refractivity contribution in [2.24, 2.45) is 10.2 Å². The number of hydrogen-bond acceptors (Lipinski definition) is 6. The third kappa shape index (κ3) is 4.09. The number of anilines is 1. The number of para-hydroxylation sites is 1. The van der Waals surface area contributed by atoms with Crippen LogP contribution in [0.1, 0.15) is 6.92 Å². The maximum atomic E-state index is 12.5. The van der Waals surface area contributed by atoms with E-state index in [0.717, 1.165) is 0 Å². The molecule has 0 aliphatic heterocycles. The number of carbonyl (C=O) groups excluding carboxylic acids is 2. The number of H-pyrrole nitrogens is 2. The fraction of sp³-hybridized carbons (Fsp3) is 0.167. The summed E-state index contributed by atoms with van der Waals surface area (Å²) in [7, 11) is 1.49. The fourth-order valence-corrected chi connectivity index (χ4v) is 2.47. The molecule has 0 aliphatic carbocycles. The number of ether oxygens (including phenoxy) is 1. The zero-order chi connectivity index (χ0) is 19.4. The highest BCUT2D eigenvalue weighted by Crippen LogP contribution is 2.27. The smallest absolute Gasteiger partial charge is 0.323 e. The van der Waals surface area contributed by atoms with E-state index in [-0.39, 0.29) is 5.69 Å². The quantitative estimate of drug-likeness (QED) is 0.457. The second-order valence-electron chi connectivity index (χ2n) is 5.73. The summed E-state index contributed by atoms with van der Waals surface area (Å²) in [6, 6.07) is 10.4. The lowest BCUT2D eigenvalue weighted by Gasteiger charge is -2.10. The van der Waals surface area contributed by atoms with Gasteiger partial charge in [-0.3, -0.25) is 9.59 Å². The van der Waals surface area contributed by atoms with Gasteiger partial charge in [-0.25, -0.2) is 4.79 Å². The van der Waals surface area contributed by atoms with Crippen LogP contribution in [0.5, 0.6) is 5.75 Å². The molecule has 1 atom stereocenters. The number of hydrogen-bond donors (Lipinski definition) is 3. The van der Waals surface area contributed by atoms with Gasteiger partial charge < -0.3 is 20.0 Å². The fourth-order valence-electron chi connectivity index (χ4n) is 2.47. The minimum Gasteiger partial charge on any atom is -0.494 e. The molecule has 0 saturated heterocycles. The summed E-state index contributed by atoms with van der Waals surface area (Å²) in [6.07, 6.45) is 0. The molecule has 0 aliphatic rings. The highest BCUT2D eigenvalue weighted by Gasteiger charge is 2.23. The molecule has 0 radical (unpaired) electrons. The van der Waals surface area contributed by atoms with Crippen molar-refractivity contribution in [2.75, 3.05) is 12.4 Å². The Labute approximate surface area is 153 Å². The van der Waals surface area contributed by atoms with Crippen LogP contribution in [0.15, 0.2) is 57.5 Å². The largest absolute Gasteiger partial charge is 0.494 e. The minimum atomic E-state index is -1.31. The predicted molar refractivity (Wildman–Crippen MR) is 99.5 cm³/mol. The van der Waals surface area contributed by atoms with Gasteiger partial charge in [-0.1, -0.05) is 12.1 Å². The van der Waals surface area contributed by atoms with Crippen molar-refractivity contribution in [2.45, 2.75) is 13.0 Å². The van der Waals surface area contributed by atoms with Crippen LogP contribution in [0.2, 0.25) is 0 Å². The molecule has 1 heterocycles. The first-order valence-corrected chi connectivity index (χ1v) is 8.05. The van der Waals surface area contributed by atoms with Crippen LogP contribution in [-0.4, -0.2) is 34.8 Å². The molecule has 0 spiro atoms. The second kappa shape index (κ2) is 7.65. The Bertz CT molecular complexity index is 1080. The Morgan fingerprint density at radius 3 is 2.59 bits per heavy atom. The number of aromatic amines is 2. The van der Waals surface area contributed by atoms with Gasteiger partial charge in [-0.15, -0.1) is 0 Å². The molecule has 3 aromatic rings. The number of imidazole rings is 1. The van der Waals surface area contributed by atoms with Gasteiger partial charge in [0.1, 0.15) is 11.4 Å². The van der Waals surface area contributed by atoms with Crippen LogP contribution in [-0.2, 0) is 9.59 Å². The molecule has 3 N–H and O–H groups in total. The molecule has 27 heavy (non-hydrogen) atoms. The SMILES string of the molecule is COc1ccccc1N=N[C@H](C(C)=O)C(=O)Nc1ccc2[nH]c(=O)[nH]c2c1. The van der Waals surface area contributed by atoms with Crippen molar-refractivity contribution in [3.05, 3.63) is 52.9 Å². The number of nitrogens with one attached hydrogen (secondary N) is 3. The highest BCUT2D eigenvalue weighted by molar-refractivity contribution is 6.10. The first-order valence-electron chi connectivity index (χ1n) is 8.05. The third-order valence-corrected chi connectivity index (χ3v) is 3.78. The van der Waals surface area contributed by atoms with Crippen LogP contribution in [0.25, 0.3) is 11.0 Å². The molecule has 0 unspecified atom stereocenters. The lowest BCUT2D eigenvalue weighted by atomic mass is 10.2. The lowest BCUT2D eigenvalue weighted by Crippen LogP contribution is -2.31. The maximum absolute atomic E-state index is 12.5. The monoisotopic (exact) mass is 367 g/mol. The van der Waals surface area contributed by atoms with Crippen LogP contribution in [0.3, 0.4) is 0 Å². The molecular weight excluding hydrogens is 350 g/mol. The average molecular weight is 367 g/mol. The number of ketones is 1. The van der Waals surface area contributed by atoms with Crippen LogP contribution in [0.4, 0.5) is 11.4 Å². The summed E-state index contributed by atoms with van der Waals surface area (Å²) in [4.78, 5) is 40.9. The maximum Gasteiger partial charge on any atom is 0.323 e. The van der Waals surface area contributed by atoms with Gasteiger partial charge in [-0.2, -0.15) is 10.2 Å². The first kappa shape index (κ1) is 18.1. The van der Waals surface area contributed by atoms with Gasteiger partial charge in [0.2, 0.25) is 6.04 Å². The van der Waals surface area contributed by atoms with Crippen molar-refractivity contribution in [3.63, 3.8) is 0 Å². The van der Waals surface area contributed by atoms with Gasteiger partial charge >= 0.3 is 5.69 Å². The van der Waals surface area contributed by atoms with E-state index in [1.54, 1.807) is 42.5 Å². The Morgan fingerprint density at radius 2 is 1.85 bits per heavy atom.